The van der Waals surface area contributed by atoms with Crippen LogP contribution in [0.5, 0.6) is 0 Å². The molecule has 0 radical (unpaired) electrons. The summed E-state index contributed by atoms with van der Waals surface area (Å²) in [7, 11) is 0. The molecule has 2 heteroatoms. The van der Waals surface area contributed by atoms with Crippen molar-refractivity contribution in [2.24, 2.45) is 0 Å². The second kappa shape index (κ2) is 3.65. The highest BCUT2D eigenvalue weighted by atomic mass is 35.5. The van der Waals surface area contributed by atoms with Gasteiger partial charge in [0.15, 0.2) is 0 Å². The van der Waals surface area contributed by atoms with Crippen molar-refractivity contribution < 1.29 is 0 Å². The van der Waals surface area contributed by atoms with Gasteiger partial charge >= 0.3 is 0 Å². The lowest BCUT2D eigenvalue weighted by Gasteiger charge is -2.06. The van der Waals surface area contributed by atoms with Crippen LogP contribution < -0.4 is 0 Å². The lowest BCUT2D eigenvalue weighted by atomic mass is 10.0. The van der Waals surface area contributed by atoms with Gasteiger partial charge in [0.1, 0.15) is 0 Å². The predicted molar refractivity (Wildman–Crippen MR) is 71.5 cm³/mol. The molecular weight excluding hydrogens is 239 g/mol. The van der Waals surface area contributed by atoms with Crippen molar-refractivity contribution in [3.8, 4) is 0 Å². The smallest absolute Gasteiger partial charge is 0.0676 e. The van der Waals surface area contributed by atoms with Gasteiger partial charge < -0.3 is 0 Å². The van der Waals surface area contributed by atoms with Crippen LogP contribution in [-0.4, -0.2) is 0 Å². The maximum absolute atomic E-state index is 6.27. The van der Waals surface area contributed by atoms with Gasteiger partial charge in [-0.25, -0.2) is 0 Å². The van der Waals surface area contributed by atoms with Crippen LogP contribution in [0.4, 0.5) is 0 Å². The zero-order chi connectivity index (χ0) is 11.1. The Balaban J connectivity index is 2.63. The molecule has 0 bridgehead atoms. The first-order chi connectivity index (χ1) is 7.77. The molecule has 3 aromatic carbocycles. The van der Waals surface area contributed by atoms with Crippen molar-refractivity contribution >= 4 is 44.7 Å². The van der Waals surface area contributed by atoms with E-state index in [0.717, 1.165) is 16.2 Å². The molecule has 0 spiro atoms. The van der Waals surface area contributed by atoms with Gasteiger partial charge in [0.25, 0.3) is 0 Å². The molecule has 0 aliphatic rings. The number of halogens is 2. The summed E-state index contributed by atoms with van der Waals surface area (Å²) in [6.07, 6.45) is 0. The quantitative estimate of drug-likeness (QED) is 0.473. The van der Waals surface area contributed by atoms with Crippen LogP contribution >= 0.6 is 23.2 Å². The highest BCUT2D eigenvalue weighted by Crippen LogP contribution is 2.35. The van der Waals surface area contributed by atoms with Crippen LogP contribution in [-0.2, 0) is 0 Å². The molecule has 0 fully saturated rings. The summed E-state index contributed by atoms with van der Waals surface area (Å²) in [6, 6.07) is 16.2. The minimum absolute atomic E-state index is 0.602. The van der Waals surface area contributed by atoms with E-state index in [1.54, 1.807) is 0 Å². The minimum atomic E-state index is 0.602. The Kier molecular flexibility index (Phi) is 2.27. The predicted octanol–water partition coefficient (Wildman–Crippen LogP) is 5.30. The summed E-state index contributed by atoms with van der Waals surface area (Å²) in [5.74, 6) is 0. The van der Waals surface area contributed by atoms with E-state index >= 15 is 0 Å². The van der Waals surface area contributed by atoms with Gasteiger partial charge in [-0.3, -0.25) is 0 Å². The number of fused-ring (bicyclic) bond motifs is 3. The molecule has 0 aromatic heterocycles. The van der Waals surface area contributed by atoms with E-state index in [1.165, 1.54) is 5.39 Å². The van der Waals surface area contributed by atoms with Crippen molar-refractivity contribution in [1.82, 2.24) is 0 Å². The fourth-order valence-electron chi connectivity index (χ4n) is 2.03. The molecule has 16 heavy (non-hydrogen) atoms. The topological polar surface area (TPSA) is 0 Å². The molecule has 3 aromatic rings. The molecule has 0 aliphatic carbocycles. The average molecular weight is 247 g/mol. The molecular formula is C14H8Cl2. The third-order valence-electron chi connectivity index (χ3n) is 2.80. The highest BCUT2D eigenvalue weighted by Gasteiger charge is 2.06. The number of benzene rings is 3. The number of hydrogen-bond acceptors (Lipinski definition) is 0. The molecule has 0 N–H and O–H groups in total. The van der Waals surface area contributed by atoms with Crippen LogP contribution in [0, 0.1) is 0 Å². The Morgan fingerprint density at radius 1 is 0.688 bits per heavy atom. The van der Waals surface area contributed by atoms with Gasteiger partial charge in [-0.1, -0.05) is 65.7 Å². The van der Waals surface area contributed by atoms with E-state index in [-0.39, 0.29) is 0 Å². The van der Waals surface area contributed by atoms with Crippen molar-refractivity contribution in [3.05, 3.63) is 58.6 Å². The van der Waals surface area contributed by atoms with Crippen LogP contribution in [0.15, 0.2) is 48.5 Å². The Bertz CT molecular complexity index is 687. The van der Waals surface area contributed by atoms with Crippen molar-refractivity contribution in [2.45, 2.75) is 0 Å². The molecule has 0 heterocycles. The second-order valence-corrected chi connectivity index (χ2v) is 4.53. The molecule has 0 unspecified atom stereocenters. The third kappa shape index (κ3) is 1.38. The van der Waals surface area contributed by atoms with E-state index in [1.807, 2.05) is 24.3 Å². The van der Waals surface area contributed by atoms with Crippen molar-refractivity contribution in [3.63, 3.8) is 0 Å². The molecule has 0 atom stereocenters. The summed E-state index contributed by atoms with van der Waals surface area (Å²) in [5.41, 5.74) is 0. The monoisotopic (exact) mass is 246 g/mol. The summed E-state index contributed by atoms with van der Waals surface area (Å²) in [6.45, 7) is 0. The maximum atomic E-state index is 6.27. The fourth-order valence-corrected chi connectivity index (χ4v) is 2.46. The average Bonchev–Trinajstić information content (AvgIpc) is 2.33. The van der Waals surface area contributed by atoms with Crippen LogP contribution in [0.1, 0.15) is 0 Å². The van der Waals surface area contributed by atoms with Gasteiger partial charge in [-0.05, 0) is 22.2 Å². The first-order valence-corrected chi connectivity index (χ1v) is 5.78. The van der Waals surface area contributed by atoms with Gasteiger partial charge in [0, 0.05) is 5.39 Å². The van der Waals surface area contributed by atoms with Gasteiger partial charge in [0.2, 0.25) is 0 Å². The highest BCUT2D eigenvalue weighted by molar-refractivity contribution is 6.46. The van der Waals surface area contributed by atoms with Crippen molar-refractivity contribution in [2.75, 3.05) is 0 Å². The largest absolute Gasteiger partial charge is 0.0827 e. The lowest BCUT2D eigenvalue weighted by molar-refractivity contribution is 1.76. The minimum Gasteiger partial charge on any atom is -0.0827 e. The van der Waals surface area contributed by atoms with Crippen LogP contribution in [0.2, 0.25) is 10.0 Å². The fraction of sp³-hybridized carbons (Fsp3) is 0. The Morgan fingerprint density at radius 2 is 1.38 bits per heavy atom. The van der Waals surface area contributed by atoms with Gasteiger partial charge in [-0.15, -0.1) is 0 Å². The maximum Gasteiger partial charge on any atom is 0.0676 e. The van der Waals surface area contributed by atoms with Crippen molar-refractivity contribution in [1.29, 1.82) is 0 Å². The molecule has 0 amide bonds. The zero-order valence-electron chi connectivity index (χ0n) is 8.37. The molecule has 78 valence electrons. The number of hydrogen-bond donors (Lipinski definition) is 0. The third-order valence-corrected chi connectivity index (χ3v) is 3.60. The summed E-state index contributed by atoms with van der Waals surface area (Å²) >= 11 is 12.3. The lowest BCUT2D eigenvalue weighted by Crippen LogP contribution is -1.79. The van der Waals surface area contributed by atoms with Crippen LogP contribution in [0.25, 0.3) is 21.5 Å². The number of rotatable bonds is 0. The van der Waals surface area contributed by atoms with E-state index < -0.39 is 0 Å². The molecule has 0 saturated carbocycles. The second-order valence-electron chi connectivity index (χ2n) is 3.75. The van der Waals surface area contributed by atoms with E-state index in [9.17, 15) is 0 Å². The molecule has 0 nitrogen and oxygen atoms in total. The van der Waals surface area contributed by atoms with Gasteiger partial charge in [0.05, 0.1) is 10.0 Å². The first kappa shape index (κ1) is 9.95. The van der Waals surface area contributed by atoms with E-state index in [0.29, 0.717) is 10.0 Å². The summed E-state index contributed by atoms with van der Waals surface area (Å²) in [5, 5.41) is 5.72. The Hall–Kier alpha value is -1.24. The first-order valence-electron chi connectivity index (χ1n) is 5.03. The molecule has 0 aliphatic heterocycles. The zero-order valence-corrected chi connectivity index (χ0v) is 9.89. The summed E-state index contributed by atoms with van der Waals surface area (Å²) < 4.78 is 0. The molecule has 3 rings (SSSR count). The van der Waals surface area contributed by atoms with E-state index in [4.69, 9.17) is 23.2 Å². The standard InChI is InChI=1S/C14H8Cl2/c15-12-8-7-10-6-5-9-3-1-2-4-11(9)13(10)14(12)16/h1-8H. The normalized spacial score (nSPS) is 11.1. The Labute approximate surface area is 103 Å². The van der Waals surface area contributed by atoms with E-state index in [2.05, 4.69) is 24.3 Å². The SMILES string of the molecule is Clc1ccc2ccc3ccccc3c2c1Cl. The summed E-state index contributed by atoms with van der Waals surface area (Å²) in [4.78, 5) is 0. The van der Waals surface area contributed by atoms with Gasteiger partial charge in [-0.2, -0.15) is 0 Å². The molecule has 0 saturated heterocycles. The Morgan fingerprint density at radius 3 is 2.25 bits per heavy atom. The van der Waals surface area contributed by atoms with Crippen LogP contribution in [0.3, 0.4) is 0 Å².